The van der Waals surface area contributed by atoms with E-state index in [1.807, 2.05) is 25.1 Å². The van der Waals surface area contributed by atoms with Gasteiger partial charge < -0.3 is 14.6 Å². The number of hydrogen-bond donors (Lipinski definition) is 1. The van der Waals surface area contributed by atoms with E-state index < -0.39 is 6.10 Å². The molecule has 3 rings (SSSR count). The second-order valence-corrected chi connectivity index (χ2v) is 6.45. The molecule has 4 heteroatoms. The van der Waals surface area contributed by atoms with Crippen LogP contribution in [0.4, 0.5) is 0 Å². The SMILES string of the molecule is Cc1cc(C(O)C2CCOC3(CCOC3)C2)ccc1Cl. The van der Waals surface area contributed by atoms with Crippen LogP contribution in [0.25, 0.3) is 0 Å². The van der Waals surface area contributed by atoms with Crippen molar-refractivity contribution in [3.05, 3.63) is 34.3 Å². The van der Waals surface area contributed by atoms with Gasteiger partial charge in [-0.05, 0) is 42.9 Å². The highest BCUT2D eigenvalue weighted by Gasteiger charge is 2.42. The van der Waals surface area contributed by atoms with Crippen LogP contribution in [0.15, 0.2) is 18.2 Å². The third-order valence-corrected chi connectivity index (χ3v) is 4.99. The maximum absolute atomic E-state index is 10.7. The molecule has 1 aromatic rings. The zero-order valence-corrected chi connectivity index (χ0v) is 12.5. The number of hydrogen-bond acceptors (Lipinski definition) is 3. The van der Waals surface area contributed by atoms with Crippen LogP contribution in [0.3, 0.4) is 0 Å². The van der Waals surface area contributed by atoms with Gasteiger partial charge >= 0.3 is 0 Å². The van der Waals surface area contributed by atoms with Crippen molar-refractivity contribution in [2.24, 2.45) is 5.92 Å². The quantitative estimate of drug-likeness (QED) is 0.910. The highest BCUT2D eigenvalue weighted by Crippen LogP contribution is 2.41. The Bertz CT molecular complexity index is 483. The molecule has 2 heterocycles. The van der Waals surface area contributed by atoms with Crippen molar-refractivity contribution in [1.82, 2.24) is 0 Å². The molecule has 3 unspecified atom stereocenters. The summed E-state index contributed by atoms with van der Waals surface area (Å²) in [6.07, 6.45) is 2.25. The van der Waals surface area contributed by atoms with E-state index in [1.165, 1.54) is 0 Å². The number of aliphatic hydroxyl groups excluding tert-OH is 1. The van der Waals surface area contributed by atoms with Crippen LogP contribution >= 0.6 is 11.6 Å². The van der Waals surface area contributed by atoms with Crippen LogP contribution < -0.4 is 0 Å². The summed E-state index contributed by atoms with van der Waals surface area (Å²) >= 11 is 6.05. The van der Waals surface area contributed by atoms with Gasteiger partial charge in [0.1, 0.15) is 0 Å². The molecule has 0 aliphatic carbocycles. The van der Waals surface area contributed by atoms with Crippen molar-refractivity contribution < 1.29 is 14.6 Å². The Morgan fingerprint density at radius 2 is 2.25 bits per heavy atom. The van der Waals surface area contributed by atoms with Crippen molar-refractivity contribution in [3.8, 4) is 0 Å². The van der Waals surface area contributed by atoms with Gasteiger partial charge in [0.05, 0.1) is 18.3 Å². The molecule has 0 amide bonds. The normalized spacial score (nSPS) is 31.6. The maximum atomic E-state index is 10.7. The third-order valence-electron chi connectivity index (χ3n) is 4.57. The monoisotopic (exact) mass is 296 g/mol. The fourth-order valence-corrected chi connectivity index (χ4v) is 3.44. The summed E-state index contributed by atoms with van der Waals surface area (Å²) < 4.78 is 11.4. The fourth-order valence-electron chi connectivity index (χ4n) is 3.32. The van der Waals surface area contributed by atoms with Gasteiger partial charge in [-0.2, -0.15) is 0 Å². The van der Waals surface area contributed by atoms with Gasteiger partial charge in [0.15, 0.2) is 0 Å². The summed E-state index contributed by atoms with van der Waals surface area (Å²) in [5, 5.41) is 11.4. The van der Waals surface area contributed by atoms with E-state index in [0.717, 1.165) is 42.0 Å². The molecule has 0 radical (unpaired) electrons. The summed E-state index contributed by atoms with van der Waals surface area (Å²) in [6, 6.07) is 5.77. The molecular weight excluding hydrogens is 276 g/mol. The Kier molecular flexibility index (Phi) is 4.04. The molecule has 0 saturated carbocycles. The van der Waals surface area contributed by atoms with Crippen molar-refractivity contribution in [2.75, 3.05) is 19.8 Å². The molecule has 3 nitrogen and oxygen atoms in total. The van der Waals surface area contributed by atoms with Crippen LogP contribution in [0.1, 0.15) is 36.5 Å². The minimum Gasteiger partial charge on any atom is -0.388 e. The van der Waals surface area contributed by atoms with Gasteiger partial charge in [0, 0.05) is 24.7 Å². The van der Waals surface area contributed by atoms with E-state index in [2.05, 4.69) is 0 Å². The number of rotatable bonds is 2. The molecule has 2 aliphatic rings. The molecule has 20 heavy (non-hydrogen) atoms. The van der Waals surface area contributed by atoms with Gasteiger partial charge in [0.2, 0.25) is 0 Å². The van der Waals surface area contributed by atoms with Gasteiger partial charge in [-0.25, -0.2) is 0 Å². The highest BCUT2D eigenvalue weighted by molar-refractivity contribution is 6.31. The minimum absolute atomic E-state index is 0.161. The topological polar surface area (TPSA) is 38.7 Å². The number of aliphatic hydroxyl groups is 1. The Morgan fingerprint density at radius 1 is 1.40 bits per heavy atom. The minimum atomic E-state index is -0.452. The average molecular weight is 297 g/mol. The molecule has 2 saturated heterocycles. The van der Waals surface area contributed by atoms with Crippen molar-refractivity contribution in [1.29, 1.82) is 0 Å². The molecule has 1 aromatic carbocycles. The molecule has 0 aromatic heterocycles. The van der Waals surface area contributed by atoms with Gasteiger partial charge in [-0.3, -0.25) is 0 Å². The Labute approximate surface area is 124 Å². The molecule has 2 fully saturated rings. The lowest BCUT2D eigenvalue weighted by atomic mass is 9.80. The Hall–Kier alpha value is -0.610. The lowest BCUT2D eigenvalue weighted by molar-refractivity contribution is -0.117. The molecule has 1 spiro atoms. The second-order valence-electron chi connectivity index (χ2n) is 6.04. The third kappa shape index (κ3) is 2.73. The molecule has 110 valence electrons. The summed E-state index contributed by atoms with van der Waals surface area (Å²) in [7, 11) is 0. The largest absolute Gasteiger partial charge is 0.388 e. The highest BCUT2D eigenvalue weighted by atomic mass is 35.5. The molecular formula is C16H21ClO3. The molecule has 2 aliphatic heterocycles. The fraction of sp³-hybridized carbons (Fsp3) is 0.625. The standard InChI is InChI=1S/C16H21ClO3/c1-11-8-12(2-3-14(11)17)15(18)13-4-6-20-16(9-13)5-7-19-10-16/h2-3,8,13,15,18H,4-7,9-10H2,1H3. The number of aryl methyl sites for hydroxylation is 1. The predicted molar refractivity (Wildman–Crippen MR) is 78.0 cm³/mol. The van der Waals surface area contributed by atoms with Crippen LogP contribution in [-0.4, -0.2) is 30.5 Å². The molecule has 1 N–H and O–H groups in total. The first-order valence-electron chi connectivity index (χ1n) is 7.25. The lowest BCUT2D eigenvalue weighted by Crippen LogP contribution is -2.41. The van der Waals surface area contributed by atoms with Crippen molar-refractivity contribution >= 4 is 11.6 Å². The van der Waals surface area contributed by atoms with Gasteiger partial charge in [-0.1, -0.05) is 23.7 Å². The molecule has 0 bridgehead atoms. The summed E-state index contributed by atoms with van der Waals surface area (Å²) in [5.41, 5.74) is 1.80. The zero-order chi connectivity index (χ0) is 14.2. The average Bonchev–Trinajstić information content (AvgIpc) is 2.89. The van der Waals surface area contributed by atoms with E-state index in [0.29, 0.717) is 13.2 Å². The first kappa shape index (κ1) is 14.3. The van der Waals surface area contributed by atoms with Crippen LogP contribution in [-0.2, 0) is 9.47 Å². The molecule has 3 atom stereocenters. The zero-order valence-electron chi connectivity index (χ0n) is 11.8. The van der Waals surface area contributed by atoms with Crippen LogP contribution in [0.5, 0.6) is 0 Å². The lowest BCUT2D eigenvalue weighted by Gasteiger charge is -2.39. The summed E-state index contributed by atoms with van der Waals surface area (Å²) in [6.45, 7) is 4.10. The van der Waals surface area contributed by atoms with Gasteiger partial charge in [0.25, 0.3) is 0 Å². The number of halogens is 1. The van der Waals surface area contributed by atoms with Crippen LogP contribution in [0.2, 0.25) is 5.02 Å². The summed E-state index contributed by atoms with van der Waals surface area (Å²) in [5.74, 6) is 0.228. The van der Waals surface area contributed by atoms with Crippen molar-refractivity contribution in [2.45, 2.75) is 37.9 Å². The predicted octanol–water partition coefficient (Wildman–Crippen LogP) is 3.27. The van der Waals surface area contributed by atoms with E-state index >= 15 is 0 Å². The van der Waals surface area contributed by atoms with E-state index in [1.54, 1.807) is 0 Å². The number of benzene rings is 1. The van der Waals surface area contributed by atoms with Crippen LogP contribution in [0, 0.1) is 12.8 Å². The first-order chi connectivity index (χ1) is 9.60. The Balaban J connectivity index is 1.75. The smallest absolute Gasteiger partial charge is 0.0940 e. The first-order valence-corrected chi connectivity index (χ1v) is 7.63. The maximum Gasteiger partial charge on any atom is 0.0940 e. The van der Waals surface area contributed by atoms with E-state index in [9.17, 15) is 5.11 Å². The van der Waals surface area contributed by atoms with Gasteiger partial charge in [-0.15, -0.1) is 0 Å². The van der Waals surface area contributed by atoms with E-state index in [4.69, 9.17) is 21.1 Å². The van der Waals surface area contributed by atoms with E-state index in [-0.39, 0.29) is 11.5 Å². The second kappa shape index (κ2) is 5.64. The summed E-state index contributed by atoms with van der Waals surface area (Å²) in [4.78, 5) is 0. The number of ether oxygens (including phenoxy) is 2. The van der Waals surface area contributed by atoms with Crippen molar-refractivity contribution in [3.63, 3.8) is 0 Å². The Morgan fingerprint density at radius 3 is 2.95 bits per heavy atom.